The normalized spacial score (nSPS) is 12.2. The first-order valence-electron chi connectivity index (χ1n) is 10.0. The third-order valence-corrected chi connectivity index (χ3v) is 6.73. The van der Waals surface area contributed by atoms with E-state index in [-0.39, 0.29) is 22.4 Å². The molecule has 0 radical (unpaired) electrons. The van der Waals surface area contributed by atoms with Gasteiger partial charge in [-0.2, -0.15) is 4.31 Å². The molecule has 32 heavy (non-hydrogen) atoms. The van der Waals surface area contributed by atoms with Gasteiger partial charge in [-0.05, 0) is 36.8 Å². The summed E-state index contributed by atoms with van der Waals surface area (Å²) in [7, 11) is -2.47. The van der Waals surface area contributed by atoms with E-state index in [1.54, 1.807) is 42.5 Å². The quantitative estimate of drug-likeness (QED) is 0.548. The van der Waals surface area contributed by atoms with Gasteiger partial charge in [0, 0.05) is 7.05 Å². The van der Waals surface area contributed by atoms with Crippen LogP contribution in [0.15, 0.2) is 89.8 Å². The Hall–Kier alpha value is -3.49. The maximum absolute atomic E-state index is 12.8. The smallest absolute Gasteiger partial charge is 0.253 e. The van der Waals surface area contributed by atoms with E-state index in [0.29, 0.717) is 5.69 Å². The lowest BCUT2D eigenvalue weighted by Gasteiger charge is -2.18. The second-order valence-electron chi connectivity index (χ2n) is 7.27. The molecule has 166 valence electrons. The number of benzene rings is 3. The van der Waals surface area contributed by atoms with Gasteiger partial charge in [0.25, 0.3) is 5.91 Å². The van der Waals surface area contributed by atoms with Gasteiger partial charge in [0.15, 0.2) is 0 Å². The third-order valence-electron chi connectivity index (χ3n) is 4.91. The molecular weight excluding hydrogens is 426 g/mol. The highest BCUT2D eigenvalue weighted by molar-refractivity contribution is 7.89. The molecule has 0 aliphatic heterocycles. The van der Waals surface area contributed by atoms with Gasteiger partial charge in [0.2, 0.25) is 15.9 Å². The minimum absolute atomic E-state index is 0.102. The number of hydrogen-bond donors (Lipinski definition) is 2. The lowest BCUT2D eigenvalue weighted by Crippen LogP contribution is -2.35. The van der Waals surface area contributed by atoms with Crippen molar-refractivity contribution in [3.8, 4) is 0 Å². The summed E-state index contributed by atoms with van der Waals surface area (Å²) in [5.41, 5.74) is 1.55. The van der Waals surface area contributed by atoms with Crippen LogP contribution in [0.5, 0.6) is 0 Å². The maximum atomic E-state index is 12.8. The summed E-state index contributed by atoms with van der Waals surface area (Å²) in [6, 6.07) is 23.8. The van der Waals surface area contributed by atoms with Crippen molar-refractivity contribution < 1.29 is 18.0 Å². The first-order chi connectivity index (χ1) is 15.3. The van der Waals surface area contributed by atoms with Crippen LogP contribution in [0.1, 0.15) is 28.9 Å². The molecule has 0 saturated carbocycles. The van der Waals surface area contributed by atoms with Gasteiger partial charge < -0.3 is 10.6 Å². The third kappa shape index (κ3) is 5.60. The minimum atomic E-state index is -3.81. The Morgan fingerprint density at radius 2 is 1.44 bits per heavy atom. The molecule has 0 saturated heterocycles. The van der Waals surface area contributed by atoms with E-state index in [4.69, 9.17) is 0 Å². The zero-order valence-corrected chi connectivity index (χ0v) is 18.7. The zero-order chi connectivity index (χ0) is 23.1. The summed E-state index contributed by atoms with van der Waals surface area (Å²) in [6.07, 6.45) is 0. The largest absolute Gasteiger partial charge is 0.345 e. The van der Waals surface area contributed by atoms with Crippen LogP contribution in [0.3, 0.4) is 0 Å². The molecule has 2 amide bonds. The summed E-state index contributed by atoms with van der Waals surface area (Å²) < 4.78 is 26.2. The molecule has 3 aromatic carbocycles. The standard InChI is InChI=1S/C24H25N3O4S/c1-18(19-11-5-3-6-12-19)25-24(29)21-15-9-10-16-22(21)26-23(28)17-27(2)32(30,31)20-13-7-4-8-14-20/h3-16,18H,17H2,1-2H3,(H,25,29)(H,26,28)/t18-/m0/s1. The highest BCUT2D eigenvalue weighted by Crippen LogP contribution is 2.19. The Morgan fingerprint density at radius 3 is 2.09 bits per heavy atom. The van der Waals surface area contributed by atoms with Gasteiger partial charge in [-0.3, -0.25) is 9.59 Å². The Kier molecular flexibility index (Phi) is 7.40. The van der Waals surface area contributed by atoms with E-state index in [0.717, 1.165) is 9.87 Å². The van der Waals surface area contributed by atoms with Crippen LogP contribution in [-0.2, 0) is 14.8 Å². The second-order valence-corrected chi connectivity index (χ2v) is 9.32. The molecular formula is C24H25N3O4S. The van der Waals surface area contributed by atoms with Crippen LogP contribution >= 0.6 is 0 Å². The SMILES string of the molecule is C[C@H](NC(=O)c1ccccc1NC(=O)CN(C)S(=O)(=O)c1ccccc1)c1ccccc1. The van der Waals surface area contributed by atoms with Gasteiger partial charge in [0.05, 0.1) is 28.7 Å². The van der Waals surface area contributed by atoms with Crippen molar-refractivity contribution in [2.24, 2.45) is 0 Å². The number of nitrogens with zero attached hydrogens (tertiary/aromatic N) is 1. The van der Waals surface area contributed by atoms with Gasteiger partial charge in [-0.15, -0.1) is 0 Å². The predicted molar refractivity (Wildman–Crippen MR) is 124 cm³/mol. The number of amides is 2. The molecule has 0 spiro atoms. The highest BCUT2D eigenvalue weighted by atomic mass is 32.2. The molecule has 2 N–H and O–H groups in total. The fraction of sp³-hybridized carbons (Fsp3) is 0.167. The van der Waals surface area contributed by atoms with Crippen molar-refractivity contribution in [3.05, 3.63) is 96.1 Å². The molecule has 1 atom stereocenters. The topological polar surface area (TPSA) is 95.6 Å². The molecule has 0 heterocycles. The summed E-state index contributed by atoms with van der Waals surface area (Å²) in [4.78, 5) is 25.5. The van der Waals surface area contributed by atoms with E-state index in [2.05, 4.69) is 10.6 Å². The molecule has 0 aromatic heterocycles. The first-order valence-corrected chi connectivity index (χ1v) is 11.5. The average Bonchev–Trinajstić information content (AvgIpc) is 2.80. The van der Waals surface area contributed by atoms with E-state index in [1.165, 1.54) is 19.2 Å². The van der Waals surface area contributed by atoms with E-state index < -0.39 is 22.5 Å². The van der Waals surface area contributed by atoms with Gasteiger partial charge >= 0.3 is 0 Å². The summed E-state index contributed by atoms with van der Waals surface area (Å²) in [5, 5.41) is 5.57. The predicted octanol–water partition coefficient (Wildman–Crippen LogP) is 3.44. The fourth-order valence-electron chi connectivity index (χ4n) is 3.14. The summed E-state index contributed by atoms with van der Waals surface area (Å²) in [6.45, 7) is 1.48. The molecule has 7 nitrogen and oxygen atoms in total. The lowest BCUT2D eigenvalue weighted by molar-refractivity contribution is -0.116. The highest BCUT2D eigenvalue weighted by Gasteiger charge is 2.23. The molecule has 0 bridgehead atoms. The lowest BCUT2D eigenvalue weighted by atomic mass is 10.1. The molecule has 0 unspecified atom stereocenters. The van der Waals surface area contributed by atoms with Crippen molar-refractivity contribution in [2.45, 2.75) is 17.9 Å². The van der Waals surface area contributed by atoms with Crippen LogP contribution < -0.4 is 10.6 Å². The Morgan fingerprint density at radius 1 is 0.875 bits per heavy atom. The number of carbonyl (C=O) groups is 2. The van der Waals surface area contributed by atoms with Crippen LogP contribution in [0.25, 0.3) is 0 Å². The van der Waals surface area contributed by atoms with Gasteiger partial charge in [-0.1, -0.05) is 60.7 Å². The van der Waals surface area contributed by atoms with Crippen molar-refractivity contribution in [2.75, 3.05) is 18.9 Å². The van der Waals surface area contributed by atoms with Crippen LogP contribution in [-0.4, -0.2) is 38.1 Å². The zero-order valence-electron chi connectivity index (χ0n) is 17.9. The number of likely N-dealkylation sites (N-methyl/N-ethyl adjacent to an activating group) is 1. The summed E-state index contributed by atoms with van der Waals surface area (Å²) in [5.74, 6) is -0.897. The van der Waals surface area contributed by atoms with Gasteiger partial charge in [0.1, 0.15) is 0 Å². The number of rotatable bonds is 8. The van der Waals surface area contributed by atoms with Crippen molar-refractivity contribution in [1.29, 1.82) is 0 Å². The van der Waals surface area contributed by atoms with E-state index in [9.17, 15) is 18.0 Å². The van der Waals surface area contributed by atoms with E-state index >= 15 is 0 Å². The molecule has 3 aromatic rings. The van der Waals surface area contributed by atoms with E-state index in [1.807, 2.05) is 37.3 Å². The number of sulfonamides is 1. The number of nitrogens with one attached hydrogen (secondary N) is 2. The number of anilines is 1. The number of para-hydroxylation sites is 1. The maximum Gasteiger partial charge on any atom is 0.253 e. The van der Waals surface area contributed by atoms with Crippen molar-refractivity contribution >= 4 is 27.5 Å². The number of hydrogen-bond acceptors (Lipinski definition) is 4. The van der Waals surface area contributed by atoms with Crippen LogP contribution in [0.2, 0.25) is 0 Å². The Balaban J connectivity index is 1.69. The van der Waals surface area contributed by atoms with Crippen LogP contribution in [0, 0.1) is 0 Å². The Labute approximate surface area is 188 Å². The van der Waals surface area contributed by atoms with Crippen LogP contribution in [0.4, 0.5) is 5.69 Å². The molecule has 3 rings (SSSR count). The van der Waals surface area contributed by atoms with Crippen molar-refractivity contribution in [1.82, 2.24) is 9.62 Å². The molecule has 8 heteroatoms. The van der Waals surface area contributed by atoms with Gasteiger partial charge in [-0.25, -0.2) is 8.42 Å². The number of carbonyl (C=O) groups excluding carboxylic acids is 2. The fourth-order valence-corrected chi connectivity index (χ4v) is 4.29. The monoisotopic (exact) mass is 451 g/mol. The summed E-state index contributed by atoms with van der Waals surface area (Å²) >= 11 is 0. The molecule has 0 aliphatic rings. The van der Waals surface area contributed by atoms with Crippen molar-refractivity contribution in [3.63, 3.8) is 0 Å². The molecule has 0 fully saturated rings. The Bertz CT molecular complexity index is 1180. The molecule has 0 aliphatic carbocycles. The minimum Gasteiger partial charge on any atom is -0.345 e. The second kappa shape index (κ2) is 10.2. The average molecular weight is 452 g/mol. The first kappa shape index (κ1) is 23.2.